The summed E-state index contributed by atoms with van der Waals surface area (Å²) in [4.78, 5) is 34.6. The smallest absolute Gasteiger partial charge is 0.257 e. The molecule has 0 saturated carbocycles. The normalized spacial score (nSPS) is 13.8. The van der Waals surface area contributed by atoms with Crippen LogP contribution in [0, 0.1) is 0 Å². The lowest BCUT2D eigenvalue weighted by Crippen LogP contribution is -2.22. The van der Waals surface area contributed by atoms with Crippen molar-refractivity contribution >= 4 is 44.4 Å². The van der Waals surface area contributed by atoms with Gasteiger partial charge in [0.25, 0.3) is 11.8 Å². The molecule has 1 aliphatic rings. The minimum atomic E-state index is -3.93. The number of hydrogen-bond donors (Lipinski definition) is 3. The van der Waals surface area contributed by atoms with Crippen LogP contribution in [0.4, 0.5) is 11.4 Å². The molecule has 0 fully saturated rings. The fourth-order valence-corrected chi connectivity index (χ4v) is 5.93. The molecule has 2 aromatic heterocycles. The van der Waals surface area contributed by atoms with Gasteiger partial charge in [0.2, 0.25) is 9.84 Å². The van der Waals surface area contributed by atoms with Crippen LogP contribution in [0.15, 0.2) is 76.8 Å². The molecule has 5 rings (SSSR count). The second-order valence-corrected chi connectivity index (χ2v) is 10.5. The van der Waals surface area contributed by atoms with E-state index in [0.717, 1.165) is 4.88 Å². The average molecular weight is 492 g/mol. The maximum absolute atomic E-state index is 13.1. The largest absolute Gasteiger partial charge is 0.397 e. The van der Waals surface area contributed by atoms with Crippen LogP contribution in [0.25, 0.3) is 10.7 Å². The first-order valence-corrected chi connectivity index (χ1v) is 12.4. The van der Waals surface area contributed by atoms with Gasteiger partial charge in [-0.05, 0) is 42.5 Å². The molecule has 0 atom stereocenters. The van der Waals surface area contributed by atoms with Crippen molar-refractivity contribution < 1.29 is 18.0 Å². The van der Waals surface area contributed by atoms with Crippen LogP contribution in [0.3, 0.4) is 0 Å². The molecule has 3 heterocycles. The maximum atomic E-state index is 13.1. The summed E-state index contributed by atoms with van der Waals surface area (Å²) in [5.41, 5.74) is 7.23. The first-order chi connectivity index (χ1) is 16.3. The van der Waals surface area contributed by atoms with Crippen LogP contribution < -0.4 is 16.4 Å². The highest BCUT2D eigenvalue weighted by Gasteiger charge is 2.31. The molecule has 4 aromatic rings. The highest BCUT2D eigenvalue weighted by Crippen LogP contribution is 2.34. The van der Waals surface area contributed by atoms with Crippen LogP contribution >= 0.6 is 11.3 Å². The molecule has 0 aliphatic carbocycles. The second-order valence-electron chi connectivity index (χ2n) is 7.46. The number of nitrogens with two attached hydrogens (primary N) is 1. The van der Waals surface area contributed by atoms with Gasteiger partial charge in [-0.2, -0.15) is 0 Å². The second kappa shape index (κ2) is 8.36. The Morgan fingerprint density at radius 2 is 1.85 bits per heavy atom. The zero-order valence-electron chi connectivity index (χ0n) is 17.5. The van der Waals surface area contributed by atoms with E-state index in [-0.39, 0.29) is 33.2 Å². The maximum Gasteiger partial charge on any atom is 0.257 e. The lowest BCUT2D eigenvalue weighted by molar-refractivity contribution is 0.0949. The minimum absolute atomic E-state index is 0.0568. The van der Waals surface area contributed by atoms with E-state index in [1.807, 2.05) is 0 Å². The number of nitrogen functional groups attached to an aromatic ring is 1. The zero-order valence-corrected chi connectivity index (χ0v) is 19.1. The van der Waals surface area contributed by atoms with Crippen LogP contribution in [0.2, 0.25) is 0 Å². The number of nitrogens with one attached hydrogen (secondary N) is 2. The number of anilines is 2. The molecule has 34 heavy (non-hydrogen) atoms. The van der Waals surface area contributed by atoms with Gasteiger partial charge in [-0.1, -0.05) is 12.1 Å². The van der Waals surface area contributed by atoms with Crippen molar-refractivity contribution in [3.05, 3.63) is 83.0 Å². The number of pyridine rings is 1. The Kier molecular flexibility index (Phi) is 5.34. The summed E-state index contributed by atoms with van der Waals surface area (Å²) in [6.07, 6.45) is 3.20. The Balaban J connectivity index is 1.35. The molecule has 2 aromatic carbocycles. The number of carbonyl (C=O) groups excluding carboxylic acids is 2. The molecule has 170 valence electrons. The summed E-state index contributed by atoms with van der Waals surface area (Å²) in [5.74, 6) is -0.972. The van der Waals surface area contributed by atoms with Crippen molar-refractivity contribution in [1.82, 2.24) is 15.3 Å². The van der Waals surface area contributed by atoms with E-state index in [2.05, 4.69) is 20.6 Å². The highest BCUT2D eigenvalue weighted by atomic mass is 32.2. The molecule has 0 unspecified atom stereocenters. The summed E-state index contributed by atoms with van der Waals surface area (Å²) < 4.78 is 26.2. The van der Waals surface area contributed by atoms with E-state index >= 15 is 0 Å². The van der Waals surface area contributed by atoms with E-state index < -0.39 is 21.7 Å². The zero-order chi connectivity index (χ0) is 23.9. The third-order valence-corrected chi connectivity index (χ3v) is 8.07. The van der Waals surface area contributed by atoms with E-state index in [0.29, 0.717) is 16.4 Å². The number of fused-ring (bicyclic) bond motifs is 2. The Labute approximate surface area is 198 Å². The summed E-state index contributed by atoms with van der Waals surface area (Å²) in [6, 6.07) is 13.6. The minimum Gasteiger partial charge on any atom is -0.397 e. The van der Waals surface area contributed by atoms with Gasteiger partial charge in [-0.3, -0.25) is 14.6 Å². The van der Waals surface area contributed by atoms with Gasteiger partial charge in [0.1, 0.15) is 5.01 Å². The fraction of sp³-hybridized carbons (Fsp3) is 0.0435. The average Bonchev–Trinajstić information content (AvgIpc) is 3.29. The standard InChI is InChI=1S/C23H17N5O4S2/c24-14-6-7-17(25-10-14)23-27-12-15(33-23)11-26-21(29)13-5-8-20-18(9-13)28-22(30)16-3-1-2-4-19(16)34(20,31)32/h1-10,12H,11,24H2,(H,26,29)(H,28,30). The third-order valence-electron chi connectivity index (χ3n) is 5.18. The molecule has 0 bridgehead atoms. The van der Waals surface area contributed by atoms with Gasteiger partial charge >= 0.3 is 0 Å². The predicted molar refractivity (Wildman–Crippen MR) is 127 cm³/mol. The predicted octanol–water partition coefficient (Wildman–Crippen LogP) is 3.12. The van der Waals surface area contributed by atoms with Crippen LogP contribution in [-0.4, -0.2) is 30.2 Å². The molecule has 1 aliphatic heterocycles. The molecule has 4 N–H and O–H groups in total. The van der Waals surface area contributed by atoms with Gasteiger partial charge in [-0.25, -0.2) is 13.4 Å². The SMILES string of the molecule is Nc1ccc(-c2ncc(CNC(=O)c3ccc4c(c3)NC(=O)c3ccccc3S4(=O)=O)s2)nc1. The molecule has 0 spiro atoms. The summed E-state index contributed by atoms with van der Waals surface area (Å²) in [5, 5.41) is 6.09. The fourth-order valence-electron chi connectivity index (χ4n) is 3.51. The van der Waals surface area contributed by atoms with E-state index in [1.165, 1.54) is 41.7 Å². The molecule has 9 nitrogen and oxygen atoms in total. The molecule has 0 saturated heterocycles. The Hall–Kier alpha value is -4.09. The lowest BCUT2D eigenvalue weighted by Gasteiger charge is -2.10. The highest BCUT2D eigenvalue weighted by molar-refractivity contribution is 7.91. The van der Waals surface area contributed by atoms with Crippen molar-refractivity contribution in [2.24, 2.45) is 0 Å². The van der Waals surface area contributed by atoms with Crippen molar-refractivity contribution in [3.8, 4) is 10.7 Å². The first-order valence-electron chi connectivity index (χ1n) is 10.1. The van der Waals surface area contributed by atoms with Crippen molar-refractivity contribution in [2.75, 3.05) is 11.1 Å². The van der Waals surface area contributed by atoms with Crippen LogP contribution in [0.1, 0.15) is 25.6 Å². The number of thiazole rings is 1. The number of aromatic nitrogens is 2. The Bertz CT molecular complexity index is 1550. The number of benzene rings is 2. The quantitative estimate of drug-likeness (QED) is 0.398. The number of amides is 2. The van der Waals surface area contributed by atoms with Crippen LogP contribution in [-0.2, 0) is 16.4 Å². The van der Waals surface area contributed by atoms with Crippen LogP contribution in [0.5, 0.6) is 0 Å². The van der Waals surface area contributed by atoms with Crippen molar-refractivity contribution in [1.29, 1.82) is 0 Å². The van der Waals surface area contributed by atoms with Crippen molar-refractivity contribution in [3.63, 3.8) is 0 Å². The summed E-state index contributed by atoms with van der Waals surface area (Å²) >= 11 is 1.38. The summed E-state index contributed by atoms with van der Waals surface area (Å²) in [6.45, 7) is 0.221. The molecular formula is C23H17N5O4S2. The lowest BCUT2D eigenvalue weighted by atomic mass is 10.1. The number of carbonyl (C=O) groups is 2. The van der Waals surface area contributed by atoms with Gasteiger partial charge in [-0.15, -0.1) is 11.3 Å². The van der Waals surface area contributed by atoms with Gasteiger partial charge in [0.05, 0.1) is 45.2 Å². The van der Waals surface area contributed by atoms with Gasteiger partial charge < -0.3 is 16.4 Å². The van der Waals surface area contributed by atoms with E-state index in [4.69, 9.17) is 5.73 Å². The van der Waals surface area contributed by atoms with E-state index in [1.54, 1.807) is 36.7 Å². The topological polar surface area (TPSA) is 144 Å². The number of nitrogens with zero attached hydrogens (tertiary/aromatic N) is 2. The van der Waals surface area contributed by atoms with Gasteiger partial charge in [0, 0.05) is 16.6 Å². The number of rotatable bonds is 4. The number of sulfone groups is 1. The Morgan fingerprint density at radius 1 is 1.03 bits per heavy atom. The first kappa shape index (κ1) is 21.7. The van der Waals surface area contributed by atoms with Crippen molar-refractivity contribution in [2.45, 2.75) is 16.3 Å². The third kappa shape index (κ3) is 3.91. The number of hydrogen-bond acceptors (Lipinski definition) is 8. The molecular weight excluding hydrogens is 474 g/mol. The monoisotopic (exact) mass is 491 g/mol. The van der Waals surface area contributed by atoms with E-state index in [9.17, 15) is 18.0 Å². The molecule has 11 heteroatoms. The molecule has 2 amide bonds. The Morgan fingerprint density at radius 3 is 2.65 bits per heavy atom. The molecule has 0 radical (unpaired) electrons. The summed E-state index contributed by atoms with van der Waals surface area (Å²) in [7, 11) is -3.93. The van der Waals surface area contributed by atoms with Gasteiger partial charge in [0.15, 0.2) is 0 Å².